The van der Waals surface area contributed by atoms with E-state index in [-0.39, 0.29) is 0 Å². The van der Waals surface area contributed by atoms with Gasteiger partial charge < -0.3 is 4.90 Å². The Labute approximate surface area is 104 Å². The van der Waals surface area contributed by atoms with Gasteiger partial charge in [0.1, 0.15) is 5.84 Å². The highest BCUT2D eigenvalue weighted by Crippen LogP contribution is 2.12. The van der Waals surface area contributed by atoms with Gasteiger partial charge in [0.05, 0.1) is 5.70 Å². The second kappa shape index (κ2) is 6.04. The second-order valence-electron chi connectivity index (χ2n) is 4.14. The summed E-state index contributed by atoms with van der Waals surface area (Å²) >= 11 is 0. The molecule has 0 bridgehead atoms. The molecule has 0 aliphatic carbocycles. The number of nitrogens with zero attached hydrogens (tertiary/aromatic N) is 2. The molecule has 0 radical (unpaired) electrons. The van der Waals surface area contributed by atoms with Crippen LogP contribution in [0.4, 0.5) is 0 Å². The molecule has 0 amide bonds. The summed E-state index contributed by atoms with van der Waals surface area (Å²) in [5, 5.41) is 0. The third kappa shape index (κ3) is 3.59. The molecule has 0 atom stereocenters. The molecule has 90 valence electrons. The minimum absolute atomic E-state index is 0.763. The van der Waals surface area contributed by atoms with Crippen LogP contribution >= 0.6 is 0 Å². The molecule has 1 aromatic rings. The van der Waals surface area contributed by atoms with Gasteiger partial charge in [0.15, 0.2) is 0 Å². The van der Waals surface area contributed by atoms with Crippen LogP contribution < -0.4 is 0 Å². The van der Waals surface area contributed by atoms with Gasteiger partial charge in [-0.3, -0.25) is 0 Å². The lowest BCUT2D eigenvalue weighted by Gasteiger charge is -2.17. The third-order valence-corrected chi connectivity index (χ3v) is 2.42. The zero-order chi connectivity index (χ0) is 12.8. The summed E-state index contributed by atoms with van der Waals surface area (Å²) in [7, 11) is 3.99. The van der Waals surface area contributed by atoms with Crippen molar-refractivity contribution in [2.75, 3.05) is 14.1 Å². The van der Waals surface area contributed by atoms with Gasteiger partial charge in [-0.15, -0.1) is 0 Å². The summed E-state index contributed by atoms with van der Waals surface area (Å²) in [6.07, 6.45) is 3.85. The Balaban J connectivity index is 3.19. The number of aliphatic imine (C=N–C) groups is 1. The number of hydrogen-bond donors (Lipinski definition) is 0. The Bertz CT molecular complexity index is 454. The Hall–Kier alpha value is -1.83. The van der Waals surface area contributed by atoms with Gasteiger partial charge in [-0.1, -0.05) is 36.9 Å². The van der Waals surface area contributed by atoms with Gasteiger partial charge in [0.25, 0.3) is 0 Å². The fraction of sp³-hybridized carbons (Fsp3) is 0.267. The molecule has 0 aliphatic heterocycles. The van der Waals surface area contributed by atoms with Crippen molar-refractivity contribution in [1.29, 1.82) is 0 Å². The molecule has 0 aromatic heterocycles. The van der Waals surface area contributed by atoms with Gasteiger partial charge in [-0.25, -0.2) is 4.99 Å². The first-order valence-electron chi connectivity index (χ1n) is 5.70. The highest BCUT2D eigenvalue weighted by atomic mass is 15.1. The Morgan fingerprint density at radius 2 is 1.94 bits per heavy atom. The second-order valence-corrected chi connectivity index (χ2v) is 4.14. The maximum Gasteiger partial charge on any atom is 0.136 e. The van der Waals surface area contributed by atoms with Crippen LogP contribution in [0.1, 0.15) is 18.1 Å². The molecule has 0 saturated heterocycles. The van der Waals surface area contributed by atoms with Crippen molar-refractivity contribution >= 4 is 5.84 Å². The van der Waals surface area contributed by atoms with Crippen molar-refractivity contribution in [2.45, 2.75) is 13.8 Å². The lowest BCUT2D eigenvalue weighted by atomic mass is 10.1. The zero-order valence-electron chi connectivity index (χ0n) is 11.1. The SMILES string of the molecule is C=C(C=CC)N=C(c1ccccc1C)N(C)C. The summed E-state index contributed by atoms with van der Waals surface area (Å²) in [6, 6.07) is 8.23. The Morgan fingerprint density at radius 3 is 2.47 bits per heavy atom. The van der Waals surface area contributed by atoms with Crippen molar-refractivity contribution in [3.63, 3.8) is 0 Å². The van der Waals surface area contributed by atoms with E-state index in [0.717, 1.165) is 17.1 Å². The van der Waals surface area contributed by atoms with Crippen LogP contribution in [0.25, 0.3) is 0 Å². The van der Waals surface area contributed by atoms with Crippen LogP contribution in [0.5, 0.6) is 0 Å². The van der Waals surface area contributed by atoms with E-state index in [1.807, 2.05) is 50.2 Å². The molecule has 2 nitrogen and oxygen atoms in total. The van der Waals surface area contributed by atoms with E-state index in [0.29, 0.717) is 0 Å². The molecule has 0 saturated carbocycles. The minimum Gasteiger partial charge on any atom is -0.362 e. The Morgan fingerprint density at radius 1 is 1.29 bits per heavy atom. The van der Waals surface area contributed by atoms with Gasteiger partial charge in [0, 0.05) is 19.7 Å². The van der Waals surface area contributed by atoms with Gasteiger partial charge in [-0.05, 0) is 25.5 Å². The first kappa shape index (κ1) is 13.2. The summed E-state index contributed by atoms with van der Waals surface area (Å²) in [6.45, 7) is 7.97. The molecule has 2 heteroatoms. The molecule has 0 heterocycles. The monoisotopic (exact) mass is 228 g/mol. The number of amidine groups is 1. The fourth-order valence-corrected chi connectivity index (χ4v) is 1.59. The minimum atomic E-state index is 0.763. The van der Waals surface area contributed by atoms with Crippen LogP contribution in [0.2, 0.25) is 0 Å². The zero-order valence-corrected chi connectivity index (χ0v) is 11.1. The number of rotatable bonds is 3. The van der Waals surface area contributed by atoms with E-state index in [1.165, 1.54) is 5.56 Å². The van der Waals surface area contributed by atoms with Gasteiger partial charge in [-0.2, -0.15) is 0 Å². The lowest BCUT2D eigenvalue weighted by molar-refractivity contribution is 0.622. The molecule has 17 heavy (non-hydrogen) atoms. The van der Waals surface area contributed by atoms with Crippen LogP contribution in [0.15, 0.2) is 53.7 Å². The normalized spacial score (nSPS) is 11.9. The fourth-order valence-electron chi connectivity index (χ4n) is 1.59. The predicted octanol–water partition coefficient (Wildman–Crippen LogP) is 3.39. The number of benzene rings is 1. The van der Waals surface area contributed by atoms with Crippen molar-refractivity contribution in [3.8, 4) is 0 Å². The van der Waals surface area contributed by atoms with E-state index in [2.05, 4.69) is 30.6 Å². The topological polar surface area (TPSA) is 15.6 Å². The van der Waals surface area contributed by atoms with Crippen molar-refractivity contribution < 1.29 is 0 Å². The maximum absolute atomic E-state index is 4.56. The van der Waals surface area contributed by atoms with Gasteiger partial charge in [0.2, 0.25) is 0 Å². The molecular formula is C15H20N2. The average molecular weight is 228 g/mol. The van der Waals surface area contributed by atoms with Crippen molar-refractivity contribution in [2.24, 2.45) is 4.99 Å². The largest absolute Gasteiger partial charge is 0.362 e. The molecule has 0 spiro atoms. The van der Waals surface area contributed by atoms with Crippen LogP contribution in [0, 0.1) is 6.92 Å². The lowest BCUT2D eigenvalue weighted by Crippen LogP contribution is -2.24. The predicted molar refractivity (Wildman–Crippen MR) is 75.4 cm³/mol. The van der Waals surface area contributed by atoms with E-state index in [1.54, 1.807) is 0 Å². The van der Waals surface area contributed by atoms with Crippen LogP contribution in [0.3, 0.4) is 0 Å². The number of allylic oxidation sites excluding steroid dienone is 2. The summed E-state index contributed by atoms with van der Waals surface area (Å²) in [4.78, 5) is 6.57. The molecule has 0 N–H and O–H groups in total. The molecular weight excluding hydrogens is 208 g/mol. The first-order valence-corrected chi connectivity index (χ1v) is 5.70. The summed E-state index contributed by atoms with van der Waals surface area (Å²) < 4.78 is 0. The molecule has 0 aliphatic rings. The standard InChI is InChI=1S/C15H20N2/c1-6-9-13(3)16-15(17(4)5)14-11-8-7-10-12(14)2/h6-11H,3H2,1-2,4-5H3. The quantitative estimate of drug-likeness (QED) is 0.440. The molecule has 0 unspecified atom stereocenters. The average Bonchev–Trinajstić information content (AvgIpc) is 2.27. The highest BCUT2D eigenvalue weighted by Gasteiger charge is 2.08. The third-order valence-electron chi connectivity index (χ3n) is 2.42. The number of aryl methyl sites for hydroxylation is 1. The first-order chi connectivity index (χ1) is 8.06. The maximum atomic E-state index is 4.56. The van der Waals surface area contributed by atoms with Crippen LogP contribution in [-0.4, -0.2) is 24.8 Å². The molecule has 1 rings (SSSR count). The summed E-state index contributed by atoms with van der Waals surface area (Å²) in [5.74, 6) is 0.936. The van der Waals surface area contributed by atoms with Gasteiger partial charge >= 0.3 is 0 Å². The van der Waals surface area contributed by atoms with Crippen LogP contribution in [-0.2, 0) is 0 Å². The molecule has 0 fully saturated rings. The van der Waals surface area contributed by atoms with E-state index >= 15 is 0 Å². The Kier molecular flexibility index (Phi) is 4.70. The van der Waals surface area contributed by atoms with Crippen molar-refractivity contribution in [3.05, 3.63) is 59.8 Å². The smallest absolute Gasteiger partial charge is 0.136 e. The number of hydrogen-bond acceptors (Lipinski definition) is 1. The van der Waals surface area contributed by atoms with E-state index in [9.17, 15) is 0 Å². The summed E-state index contributed by atoms with van der Waals surface area (Å²) in [5.41, 5.74) is 3.12. The highest BCUT2D eigenvalue weighted by molar-refractivity contribution is 6.00. The van der Waals surface area contributed by atoms with E-state index < -0.39 is 0 Å². The molecule has 1 aromatic carbocycles. The van der Waals surface area contributed by atoms with E-state index in [4.69, 9.17) is 0 Å². The van der Waals surface area contributed by atoms with Crippen molar-refractivity contribution in [1.82, 2.24) is 4.90 Å².